The minimum absolute atomic E-state index is 0.414. The zero-order chi connectivity index (χ0) is 17.8. The third kappa shape index (κ3) is 3.26. The Labute approximate surface area is 151 Å². The molecule has 0 radical (unpaired) electrons. The zero-order valence-corrected chi connectivity index (χ0v) is 14.1. The summed E-state index contributed by atoms with van der Waals surface area (Å²) in [5.41, 5.74) is 5.14. The Morgan fingerprint density at radius 3 is 2.77 bits per heavy atom. The number of hydrogen-bond acceptors (Lipinski definition) is 5. The quantitative estimate of drug-likeness (QED) is 0.753. The van der Waals surface area contributed by atoms with Gasteiger partial charge in [0.05, 0.1) is 18.0 Å². The minimum Gasteiger partial charge on any atom is -0.387 e. The highest BCUT2D eigenvalue weighted by molar-refractivity contribution is 5.93. The molecule has 0 aliphatic carbocycles. The van der Waals surface area contributed by atoms with Crippen LogP contribution < -0.4 is 10.6 Å². The van der Waals surface area contributed by atoms with E-state index in [9.17, 15) is 0 Å². The summed E-state index contributed by atoms with van der Waals surface area (Å²) >= 11 is 0. The first-order valence-corrected chi connectivity index (χ1v) is 8.41. The standard InChI is InChI=1S/C21H17N5/c22-10-7-15-1-4-18(5-2-15)26-21-19-13-17(16-8-11-23-12-9-16)3-6-20(19)24-14-25-21/h1-6,8-9,11,13-14,23H,7,12H2,(H,24,25,26). The molecule has 0 unspecified atom stereocenters. The van der Waals surface area contributed by atoms with Gasteiger partial charge in [-0.25, -0.2) is 9.97 Å². The first-order chi connectivity index (χ1) is 12.8. The van der Waals surface area contributed by atoms with Gasteiger partial charge in [0, 0.05) is 17.6 Å². The van der Waals surface area contributed by atoms with Gasteiger partial charge in [-0.05, 0) is 53.2 Å². The second kappa shape index (κ2) is 7.08. The van der Waals surface area contributed by atoms with Gasteiger partial charge in [-0.1, -0.05) is 24.3 Å². The van der Waals surface area contributed by atoms with Crippen LogP contribution in [0.1, 0.15) is 11.1 Å². The number of nitrogens with zero attached hydrogens (tertiary/aromatic N) is 3. The molecule has 1 aliphatic heterocycles. The summed E-state index contributed by atoms with van der Waals surface area (Å²) in [6, 6.07) is 16.2. The molecule has 0 atom stereocenters. The van der Waals surface area contributed by atoms with Crippen molar-refractivity contribution in [1.82, 2.24) is 15.3 Å². The zero-order valence-electron chi connectivity index (χ0n) is 14.1. The lowest BCUT2D eigenvalue weighted by Gasteiger charge is -2.12. The van der Waals surface area contributed by atoms with Gasteiger partial charge in [0.25, 0.3) is 0 Å². The van der Waals surface area contributed by atoms with E-state index in [-0.39, 0.29) is 0 Å². The van der Waals surface area contributed by atoms with E-state index in [0.29, 0.717) is 6.42 Å². The SMILES string of the molecule is N#CCc1ccc(Nc2ncnc3ccc(C4=CCNC=C4)cc23)cc1. The molecule has 4 rings (SSSR count). The van der Waals surface area contributed by atoms with Gasteiger partial charge in [0.1, 0.15) is 12.1 Å². The van der Waals surface area contributed by atoms with Gasteiger partial charge >= 0.3 is 0 Å². The van der Waals surface area contributed by atoms with Gasteiger partial charge in [-0.3, -0.25) is 0 Å². The van der Waals surface area contributed by atoms with Crippen LogP contribution in [0.5, 0.6) is 0 Å². The van der Waals surface area contributed by atoms with E-state index < -0.39 is 0 Å². The summed E-state index contributed by atoms with van der Waals surface area (Å²) in [5, 5.41) is 16.3. The van der Waals surface area contributed by atoms with E-state index >= 15 is 0 Å². The number of hydrogen-bond donors (Lipinski definition) is 2. The Balaban J connectivity index is 1.69. The highest BCUT2D eigenvalue weighted by Gasteiger charge is 2.08. The Hall–Kier alpha value is -3.65. The van der Waals surface area contributed by atoms with E-state index in [1.54, 1.807) is 6.33 Å². The smallest absolute Gasteiger partial charge is 0.141 e. The molecular weight excluding hydrogens is 322 g/mol. The number of rotatable bonds is 4. The van der Waals surface area contributed by atoms with Crippen molar-refractivity contribution in [2.75, 3.05) is 11.9 Å². The molecule has 0 spiro atoms. The number of allylic oxidation sites excluding steroid dienone is 2. The molecule has 0 saturated carbocycles. The number of nitrogens with one attached hydrogen (secondary N) is 2. The van der Waals surface area contributed by atoms with Crippen molar-refractivity contribution in [3.05, 3.63) is 78.3 Å². The molecule has 2 N–H and O–H groups in total. The van der Waals surface area contributed by atoms with E-state index in [1.165, 1.54) is 5.57 Å². The Bertz CT molecular complexity index is 1040. The second-order valence-corrected chi connectivity index (χ2v) is 6.01. The molecule has 5 nitrogen and oxygen atoms in total. The van der Waals surface area contributed by atoms with Crippen LogP contribution in [-0.2, 0) is 6.42 Å². The maximum atomic E-state index is 8.78. The van der Waals surface area contributed by atoms with Crippen LogP contribution in [0.25, 0.3) is 16.5 Å². The Morgan fingerprint density at radius 2 is 2.00 bits per heavy atom. The summed E-state index contributed by atoms with van der Waals surface area (Å²) < 4.78 is 0. The summed E-state index contributed by atoms with van der Waals surface area (Å²) in [4.78, 5) is 8.79. The summed E-state index contributed by atoms with van der Waals surface area (Å²) in [7, 11) is 0. The molecule has 0 saturated heterocycles. The Morgan fingerprint density at radius 1 is 1.12 bits per heavy atom. The lowest BCUT2D eigenvalue weighted by molar-refractivity contribution is 0.976. The summed E-state index contributed by atoms with van der Waals surface area (Å²) in [5.74, 6) is 0.767. The Kier molecular flexibility index (Phi) is 4.31. The van der Waals surface area contributed by atoms with Gasteiger partial charge < -0.3 is 10.6 Å². The first-order valence-electron chi connectivity index (χ1n) is 8.41. The predicted molar refractivity (Wildman–Crippen MR) is 104 cm³/mol. The topological polar surface area (TPSA) is 73.6 Å². The average Bonchev–Trinajstić information content (AvgIpc) is 2.70. The summed E-state index contributed by atoms with van der Waals surface area (Å²) in [6.07, 6.45) is 8.17. The molecule has 1 aromatic heterocycles. The van der Waals surface area contributed by atoms with Gasteiger partial charge in [0.15, 0.2) is 0 Å². The van der Waals surface area contributed by atoms with Crippen molar-refractivity contribution >= 4 is 28.0 Å². The molecule has 26 heavy (non-hydrogen) atoms. The number of benzene rings is 2. The molecule has 1 aliphatic rings. The van der Waals surface area contributed by atoms with E-state index in [2.05, 4.69) is 51.0 Å². The summed E-state index contributed by atoms with van der Waals surface area (Å²) in [6.45, 7) is 0.829. The molecule has 3 aromatic rings. The second-order valence-electron chi connectivity index (χ2n) is 6.01. The number of dihydropyridines is 1. The normalized spacial score (nSPS) is 13.0. The van der Waals surface area contributed by atoms with Crippen molar-refractivity contribution in [2.45, 2.75) is 6.42 Å². The maximum Gasteiger partial charge on any atom is 0.141 e. The van der Waals surface area contributed by atoms with Crippen LogP contribution in [0.15, 0.2) is 67.1 Å². The molecule has 2 aromatic carbocycles. The number of aromatic nitrogens is 2. The molecular formula is C21H17N5. The van der Waals surface area contributed by atoms with E-state index in [0.717, 1.165) is 40.1 Å². The fourth-order valence-corrected chi connectivity index (χ4v) is 2.94. The molecule has 126 valence electrons. The average molecular weight is 339 g/mol. The van der Waals surface area contributed by atoms with Crippen molar-refractivity contribution < 1.29 is 0 Å². The fraction of sp³-hybridized carbons (Fsp3) is 0.0952. The van der Waals surface area contributed by atoms with Crippen molar-refractivity contribution in [1.29, 1.82) is 5.26 Å². The van der Waals surface area contributed by atoms with Gasteiger partial charge in [-0.15, -0.1) is 0 Å². The van der Waals surface area contributed by atoms with Crippen LogP contribution in [0.2, 0.25) is 0 Å². The molecule has 0 bridgehead atoms. The number of fused-ring (bicyclic) bond motifs is 1. The lowest BCUT2D eigenvalue weighted by atomic mass is 10.0. The largest absolute Gasteiger partial charge is 0.387 e. The number of anilines is 2. The van der Waals surface area contributed by atoms with E-state index in [1.807, 2.05) is 36.5 Å². The van der Waals surface area contributed by atoms with Crippen molar-refractivity contribution in [3.63, 3.8) is 0 Å². The predicted octanol–water partition coefficient (Wildman–Crippen LogP) is 3.94. The number of nitriles is 1. The molecule has 5 heteroatoms. The van der Waals surface area contributed by atoms with Crippen LogP contribution in [0.4, 0.5) is 11.5 Å². The van der Waals surface area contributed by atoms with Crippen molar-refractivity contribution in [2.24, 2.45) is 0 Å². The fourth-order valence-electron chi connectivity index (χ4n) is 2.94. The van der Waals surface area contributed by atoms with Crippen LogP contribution in [0.3, 0.4) is 0 Å². The third-order valence-corrected chi connectivity index (χ3v) is 4.29. The monoisotopic (exact) mass is 339 g/mol. The van der Waals surface area contributed by atoms with E-state index in [4.69, 9.17) is 5.26 Å². The lowest BCUT2D eigenvalue weighted by Crippen LogP contribution is -2.08. The van der Waals surface area contributed by atoms with Crippen LogP contribution in [0, 0.1) is 11.3 Å². The highest BCUT2D eigenvalue weighted by Crippen LogP contribution is 2.27. The third-order valence-electron chi connectivity index (χ3n) is 4.29. The van der Waals surface area contributed by atoms with Crippen LogP contribution >= 0.6 is 0 Å². The molecule has 0 fully saturated rings. The van der Waals surface area contributed by atoms with Crippen molar-refractivity contribution in [3.8, 4) is 6.07 Å². The molecule has 2 heterocycles. The first kappa shape index (κ1) is 15.9. The maximum absolute atomic E-state index is 8.78. The van der Waals surface area contributed by atoms with Crippen LogP contribution in [-0.4, -0.2) is 16.5 Å². The van der Waals surface area contributed by atoms with Gasteiger partial charge in [-0.2, -0.15) is 5.26 Å². The molecule has 0 amide bonds. The van der Waals surface area contributed by atoms with Gasteiger partial charge in [0.2, 0.25) is 0 Å². The highest BCUT2D eigenvalue weighted by atomic mass is 15.0. The minimum atomic E-state index is 0.414.